The minimum Gasteiger partial charge on any atom is -0.508 e. The number of phenolic OH excluding ortho intramolecular Hbond substituents is 1. The largest absolute Gasteiger partial charge is 0.508 e. The van der Waals surface area contributed by atoms with Crippen molar-refractivity contribution in [3.63, 3.8) is 0 Å². The Morgan fingerprint density at radius 3 is 3.07 bits per heavy atom. The second kappa shape index (κ2) is 2.73. The van der Waals surface area contributed by atoms with Crippen molar-refractivity contribution in [3.8, 4) is 5.75 Å². The standard InChI is InChI=1S/C11H11NO3/c13-7-1-2-8-9(5-7)11(15-10(8)14)3-4-12-6-11/h1-2,5,12-13H,3-4,6H2. The van der Waals surface area contributed by atoms with Crippen molar-refractivity contribution in [1.29, 1.82) is 0 Å². The maximum absolute atomic E-state index is 11.6. The molecule has 4 heteroatoms. The van der Waals surface area contributed by atoms with Gasteiger partial charge in [-0.15, -0.1) is 0 Å². The molecular weight excluding hydrogens is 194 g/mol. The number of hydrogen-bond acceptors (Lipinski definition) is 4. The highest BCUT2D eigenvalue weighted by molar-refractivity contribution is 5.95. The van der Waals surface area contributed by atoms with Crippen molar-refractivity contribution in [1.82, 2.24) is 5.32 Å². The van der Waals surface area contributed by atoms with Gasteiger partial charge < -0.3 is 15.2 Å². The highest BCUT2D eigenvalue weighted by Crippen LogP contribution is 2.41. The van der Waals surface area contributed by atoms with Gasteiger partial charge in [-0.05, 0) is 24.7 Å². The predicted molar refractivity (Wildman–Crippen MR) is 52.7 cm³/mol. The fourth-order valence-corrected chi connectivity index (χ4v) is 2.36. The first kappa shape index (κ1) is 8.73. The van der Waals surface area contributed by atoms with E-state index in [1.165, 1.54) is 6.07 Å². The summed E-state index contributed by atoms with van der Waals surface area (Å²) in [6.07, 6.45) is 0.773. The molecule has 2 N–H and O–H groups in total. The number of esters is 1. The average molecular weight is 205 g/mol. The second-order valence-corrected chi connectivity index (χ2v) is 4.04. The molecule has 1 aromatic carbocycles. The first-order valence-corrected chi connectivity index (χ1v) is 4.99. The molecule has 0 aliphatic carbocycles. The molecule has 1 atom stereocenters. The highest BCUT2D eigenvalue weighted by Gasteiger charge is 2.47. The number of carbonyl (C=O) groups excluding carboxylic acids is 1. The molecule has 1 spiro atoms. The monoisotopic (exact) mass is 205 g/mol. The van der Waals surface area contributed by atoms with Crippen LogP contribution in [0.25, 0.3) is 0 Å². The summed E-state index contributed by atoms with van der Waals surface area (Å²) in [5.41, 5.74) is 0.861. The summed E-state index contributed by atoms with van der Waals surface area (Å²) in [5.74, 6) is -0.105. The van der Waals surface area contributed by atoms with Crippen LogP contribution in [0.2, 0.25) is 0 Å². The Morgan fingerprint density at radius 1 is 1.47 bits per heavy atom. The van der Waals surface area contributed by atoms with Gasteiger partial charge in [0.1, 0.15) is 5.75 Å². The Bertz CT molecular complexity index is 435. The Morgan fingerprint density at radius 2 is 2.33 bits per heavy atom. The molecular formula is C11H11NO3. The van der Waals surface area contributed by atoms with Crippen molar-refractivity contribution in [2.45, 2.75) is 12.0 Å². The molecule has 78 valence electrons. The maximum atomic E-state index is 11.6. The summed E-state index contributed by atoms with van der Waals surface area (Å²) in [4.78, 5) is 11.6. The van der Waals surface area contributed by atoms with Crippen LogP contribution in [0, 0.1) is 0 Å². The van der Waals surface area contributed by atoms with Crippen LogP contribution in [-0.2, 0) is 10.3 Å². The van der Waals surface area contributed by atoms with Crippen LogP contribution < -0.4 is 5.32 Å². The minimum atomic E-state index is -0.537. The molecule has 2 aliphatic heterocycles. The molecule has 0 radical (unpaired) electrons. The lowest BCUT2D eigenvalue weighted by Gasteiger charge is -2.21. The van der Waals surface area contributed by atoms with Gasteiger partial charge in [0.15, 0.2) is 5.60 Å². The number of benzene rings is 1. The number of carbonyl (C=O) groups is 1. The number of fused-ring (bicyclic) bond motifs is 2. The molecule has 15 heavy (non-hydrogen) atoms. The molecule has 0 bridgehead atoms. The lowest BCUT2D eigenvalue weighted by molar-refractivity contribution is 0.00159. The van der Waals surface area contributed by atoms with Gasteiger partial charge in [0.2, 0.25) is 0 Å². The number of nitrogens with one attached hydrogen (secondary N) is 1. The third-order valence-corrected chi connectivity index (χ3v) is 3.12. The van der Waals surface area contributed by atoms with Crippen molar-refractivity contribution in [3.05, 3.63) is 29.3 Å². The second-order valence-electron chi connectivity index (χ2n) is 4.04. The topological polar surface area (TPSA) is 58.6 Å². The number of aromatic hydroxyl groups is 1. The minimum absolute atomic E-state index is 0.179. The van der Waals surface area contributed by atoms with Gasteiger partial charge in [-0.2, -0.15) is 0 Å². The average Bonchev–Trinajstić information content (AvgIpc) is 2.76. The summed E-state index contributed by atoms with van der Waals surface area (Å²) in [6.45, 7) is 1.47. The van der Waals surface area contributed by atoms with E-state index in [0.717, 1.165) is 18.5 Å². The number of ether oxygens (including phenoxy) is 1. The van der Waals surface area contributed by atoms with E-state index >= 15 is 0 Å². The molecule has 0 amide bonds. The SMILES string of the molecule is O=C1OC2(CCNC2)c2cc(O)ccc21. The Balaban J connectivity index is 2.19. The molecule has 0 saturated carbocycles. The summed E-state index contributed by atoms with van der Waals surface area (Å²) >= 11 is 0. The summed E-state index contributed by atoms with van der Waals surface area (Å²) < 4.78 is 5.42. The van der Waals surface area contributed by atoms with Gasteiger partial charge in [0.05, 0.1) is 5.56 Å². The van der Waals surface area contributed by atoms with E-state index in [9.17, 15) is 9.90 Å². The number of hydrogen-bond donors (Lipinski definition) is 2. The fourth-order valence-electron chi connectivity index (χ4n) is 2.36. The lowest BCUT2D eigenvalue weighted by atomic mass is 9.91. The Hall–Kier alpha value is -1.55. The number of phenols is 1. The van der Waals surface area contributed by atoms with Gasteiger partial charge in [0, 0.05) is 18.5 Å². The van der Waals surface area contributed by atoms with E-state index in [1.807, 2.05) is 0 Å². The van der Waals surface area contributed by atoms with E-state index in [0.29, 0.717) is 12.1 Å². The highest BCUT2D eigenvalue weighted by atomic mass is 16.6. The molecule has 3 rings (SSSR count). The van der Waals surface area contributed by atoms with Crippen molar-refractivity contribution in [2.75, 3.05) is 13.1 Å². The van der Waals surface area contributed by atoms with Crippen LogP contribution in [-0.4, -0.2) is 24.2 Å². The van der Waals surface area contributed by atoms with Crippen molar-refractivity contribution in [2.24, 2.45) is 0 Å². The van der Waals surface area contributed by atoms with E-state index in [1.54, 1.807) is 12.1 Å². The third-order valence-electron chi connectivity index (χ3n) is 3.12. The van der Waals surface area contributed by atoms with Gasteiger partial charge >= 0.3 is 5.97 Å². The maximum Gasteiger partial charge on any atom is 0.339 e. The third kappa shape index (κ3) is 1.08. The van der Waals surface area contributed by atoms with E-state index in [2.05, 4.69) is 5.32 Å². The molecule has 1 unspecified atom stereocenters. The van der Waals surface area contributed by atoms with Crippen LogP contribution in [0.5, 0.6) is 5.75 Å². The quantitative estimate of drug-likeness (QED) is 0.614. The molecule has 2 heterocycles. The molecule has 0 aromatic heterocycles. The van der Waals surface area contributed by atoms with Crippen molar-refractivity contribution >= 4 is 5.97 Å². The Kier molecular flexibility index (Phi) is 1.59. The first-order chi connectivity index (χ1) is 7.21. The van der Waals surface area contributed by atoms with Crippen LogP contribution in [0.1, 0.15) is 22.3 Å². The summed E-state index contributed by atoms with van der Waals surface area (Å²) in [5, 5.41) is 12.6. The van der Waals surface area contributed by atoms with Crippen LogP contribution in [0.15, 0.2) is 18.2 Å². The zero-order valence-corrected chi connectivity index (χ0v) is 8.12. The van der Waals surface area contributed by atoms with E-state index in [4.69, 9.17) is 4.74 Å². The Labute approximate surface area is 86.9 Å². The number of rotatable bonds is 0. The van der Waals surface area contributed by atoms with Gasteiger partial charge in [-0.3, -0.25) is 0 Å². The molecule has 2 aliphatic rings. The molecule has 1 saturated heterocycles. The zero-order valence-electron chi connectivity index (χ0n) is 8.12. The molecule has 1 aromatic rings. The molecule has 4 nitrogen and oxygen atoms in total. The van der Waals surface area contributed by atoms with Gasteiger partial charge in [-0.25, -0.2) is 4.79 Å². The van der Waals surface area contributed by atoms with E-state index < -0.39 is 5.60 Å². The summed E-state index contributed by atoms with van der Waals surface area (Å²) in [6, 6.07) is 4.77. The van der Waals surface area contributed by atoms with Crippen LogP contribution in [0.4, 0.5) is 0 Å². The molecule has 1 fully saturated rings. The lowest BCUT2D eigenvalue weighted by Crippen LogP contribution is -2.28. The fraction of sp³-hybridized carbons (Fsp3) is 0.364. The first-order valence-electron chi connectivity index (χ1n) is 4.99. The smallest absolute Gasteiger partial charge is 0.339 e. The van der Waals surface area contributed by atoms with Gasteiger partial charge in [-0.1, -0.05) is 0 Å². The van der Waals surface area contributed by atoms with Crippen LogP contribution in [0.3, 0.4) is 0 Å². The predicted octanol–water partition coefficient (Wildman–Crippen LogP) is 0.751. The summed E-state index contributed by atoms with van der Waals surface area (Å²) in [7, 11) is 0. The van der Waals surface area contributed by atoms with E-state index in [-0.39, 0.29) is 11.7 Å². The van der Waals surface area contributed by atoms with Crippen LogP contribution >= 0.6 is 0 Å². The normalized spacial score (nSPS) is 28.1. The van der Waals surface area contributed by atoms with Gasteiger partial charge in [0.25, 0.3) is 0 Å². The van der Waals surface area contributed by atoms with Crippen molar-refractivity contribution < 1.29 is 14.6 Å². The zero-order chi connectivity index (χ0) is 10.5.